The van der Waals surface area contributed by atoms with Crippen LogP contribution in [0.15, 0.2) is 47.6 Å². The molecule has 0 aromatic heterocycles. The fourth-order valence-corrected chi connectivity index (χ4v) is 1.58. The number of hydrogen-bond acceptors (Lipinski definition) is 3. The normalized spacial score (nSPS) is 10.8. The van der Waals surface area contributed by atoms with E-state index in [2.05, 4.69) is 11.4 Å². The molecule has 0 spiro atoms. The zero-order valence-corrected chi connectivity index (χ0v) is 10.8. The van der Waals surface area contributed by atoms with Gasteiger partial charge in [-0.2, -0.15) is 0 Å². The predicted octanol–water partition coefficient (Wildman–Crippen LogP) is 3.40. The Morgan fingerprint density at radius 1 is 1.10 bits per heavy atom. The molecule has 0 heterocycles. The summed E-state index contributed by atoms with van der Waals surface area (Å²) in [7, 11) is 1.56. The van der Waals surface area contributed by atoms with Gasteiger partial charge >= 0.3 is 0 Å². The second kappa shape index (κ2) is 6.65. The molecule has 3 nitrogen and oxygen atoms in total. The van der Waals surface area contributed by atoms with Crippen molar-refractivity contribution < 1.29 is 18.4 Å². The van der Waals surface area contributed by atoms with E-state index in [-0.39, 0.29) is 6.61 Å². The van der Waals surface area contributed by atoms with E-state index in [1.807, 2.05) is 0 Å². The van der Waals surface area contributed by atoms with E-state index in [9.17, 15) is 8.78 Å². The van der Waals surface area contributed by atoms with Crippen LogP contribution in [-0.2, 0) is 11.4 Å². The molecule has 0 bridgehead atoms. The summed E-state index contributed by atoms with van der Waals surface area (Å²) in [5.41, 5.74) is 1.04. The van der Waals surface area contributed by atoms with Gasteiger partial charge < -0.3 is 9.57 Å². The Labute approximate surface area is 115 Å². The highest BCUT2D eigenvalue weighted by atomic mass is 19.1. The molecule has 0 aliphatic rings. The van der Waals surface area contributed by atoms with Crippen LogP contribution < -0.4 is 4.74 Å². The second-order valence-electron chi connectivity index (χ2n) is 3.99. The number of rotatable bonds is 5. The number of halogens is 2. The standard InChI is InChI=1S/C15H12F2NO2/c1-19-15-4-2-3-11(7-15)9-18-20-10-12-5-13(16)8-14(17)6-12/h2-8H,10H2,1H3. The molecule has 0 saturated heterocycles. The Kier molecular flexibility index (Phi) is 4.65. The third kappa shape index (κ3) is 4.05. The first kappa shape index (κ1) is 14.0. The molecule has 2 aromatic carbocycles. The lowest BCUT2D eigenvalue weighted by Crippen LogP contribution is -1.91. The molecule has 0 N–H and O–H groups in total. The average Bonchev–Trinajstić information content (AvgIpc) is 2.43. The van der Waals surface area contributed by atoms with Gasteiger partial charge in [0, 0.05) is 11.6 Å². The van der Waals surface area contributed by atoms with Gasteiger partial charge in [0.15, 0.2) is 0 Å². The smallest absolute Gasteiger partial charge is 0.142 e. The Morgan fingerprint density at radius 3 is 2.55 bits per heavy atom. The highest BCUT2D eigenvalue weighted by Gasteiger charge is 2.00. The molecular weight excluding hydrogens is 264 g/mol. The van der Waals surface area contributed by atoms with E-state index in [0.717, 1.165) is 6.07 Å². The van der Waals surface area contributed by atoms with Crippen LogP contribution in [0.4, 0.5) is 8.78 Å². The summed E-state index contributed by atoms with van der Waals surface area (Å²) in [5.74, 6) is -0.619. The largest absolute Gasteiger partial charge is 0.497 e. The van der Waals surface area contributed by atoms with Gasteiger partial charge in [0.25, 0.3) is 0 Å². The van der Waals surface area contributed by atoms with Gasteiger partial charge in [0.2, 0.25) is 0 Å². The molecule has 0 fully saturated rings. The Bertz CT molecular complexity index is 594. The van der Waals surface area contributed by atoms with Crippen LogP contribution in [0.2, 0.25) is 0 Å². The van der Waals surface area contributed by atoms with Gasteiger partial charge in [-0.1, -0.05) is 17.3 Å². The molecule has 5 heteroatoms. The minimum Gasteiger partial charge on any atom is -0.497 e. The topological polar surface area (TPSA) is 30.8 Å². The van der Waals surface area contributed by atoms with E-state index in [1.54, 1.807) is 31.4 Å². The Balaban J connectivity index is 1.93. The van der Waals surface area contributed by atoms with E-state index >= 15 is 0 Å². The van der Waals surface area contributed by atoms with Crippen LogP contribution in [0.3, 0.4) is 0 Å². The van der Waals surface area contributed by atoms with Crippen molar-refractivity contribution in [3.05, 3.63) is 65.2 Å². The van der Waals surface area contributed by atoms with E-state index < -0.39 is 11.6 Å². The van der Waals surface area contributed by atoms with E-state index in [1.165, 1.54) is 12.1 Å². The Hall–Kier alpha value is -2.43. The molecule has 0 aliphatic carbocycles. The summed E-state index contributed by atoms with van der Waals surface area (Å²) in [6.45, 7) is -0.0361. The van der Waals surface area contributed by atoms with Crippen molar-refractivity contribution in [2.24, 2.45) is 5.16 Å². The van der Waals surface area contributed by atoms with Gasteiger partial charge in [0.05, 0.1) is 7.11 Å². The molecule has 20 heavy (non-hydrogen) atoms. The van der Waals surface area contributed by atoms with Crippen molar-refractivity contribution in [2.75, 3.05) is 7.11 Å². The van der Waals surface area contributed by atoms with Crippen LogP contribution >= 0.6 is 0 Å². The quantitative estimate of drug-likeness (QED) is 0.619. The maximum atomic E-state index is 12.9. The fourth-order valence-electron chi connectivity index (χ4n) is 1.58. The zero-order chi connectivity index (χ0) is 14.4. The summed E-state index contributed by atoms with van der Waals surface area (Å²) < 4.78 is 30.9. The lowest BCUT2D eigenvalue weighted by molar-refractivity contribution is 0.131. The molecule has 0 unspecified atom stereocenters. The number of methoxy groups -OCH3 is 1. The molecule has 0 aliphatic heterocycles. The molecule has 2 rings (SSSR count). The minimum atomic E-state index is -0.649. The molecule has 0 amide bonds. The van der Waals surface area contributed by atoms with Gasteiger partial charge in [-0.05, 0) is 29.8 Å². The van der Waals surface area contributed by atoms with Crippen LogP contribution in [0, 0.1) is 11.6 Å². The number of nitrogens with zero attached hydrogens (tertiary/aromatic N) is 1. The fraction of sp³-hybridized carbons (Fsp3) is 0.133. The molecular formula is C15H12F2NO2. The highest BCUT2D eigenvalue weighted by Crippen LogP contribution is 2.11. The van der Waals surface area contributed by atoms with Crippen LogP contribution in [-0.4, -0.2) is 13.3 Å². The first-order chi connectivity index (χ1) is 9.67. The van der Waals surface area contributed by atoms with Gasteiger partial charge in [-0.3, -0.25) is 0 Å². The SMILES string of the molecule is COc1cccc(/[C]=N\OCc2cc(F)cc(F)c2)c1. The average molecular weight is 276 g/mol. The minimum absolute atomic E-state index is 0.0361. The maximum absolute atomic E-state index is 12.9. The summed E-state index contributed by atoms with van der Waals surface area (Å²) in [6.07, 6.45) is 2.65. The first-order valence-electron chi connectivity index (χ1n) is 5.84. The summed E-state index contributed by atoms with van der Waals surface area (Å²) >= 11 is 0. The molecule has 103 valence electrons. The number of benzene rings is 2. The van der Waals surface area contributed by atoms with Crippen molar-refractivity contribution >= 4 is 6.21 Å². The van der Waals surface area contributed by atoms with E-state index in [0.29, 0.717) is 16.9 Å². The van der Waals surface area contributed by atoms with Crippen molar-refractivity contribution in [3.8, 4) is 5.75 Å². The summed E-state index contributed by atoms with van der Waals surface area (Å²) in [5, 5.41) is 3.62. The maximum Gasteiger partial charge on any atom is 0.142 e. The number of hydrogen-bond donors (Lipinski definition) is 0. The molecule has 0 atom stereocenters. The third-order valence-corrected chi connectivity index (χ3v) is 2.46. The highest BCUT2D eigenvalue weighted by molar-refractivity contribution is 5.79. The van der Waals surface area contributed by atoms with E-state index in [4.69, 9.17) is 9.57 Å². The van der Waals surface area contributed by atoms with Crippen molar-refractivity contribution in [2.45, 2.75) is 6.61 Å². The van der Waals surface area contributed by atoms with Crippen molar-refractivity contribution in [3.63, 3.8) is 0 Å². The van der Waals surface area contributed by atoms with Gasteiger partial charge in [-0.25, -0.2) is 8.78 Å². The van der Waals surface area contributed by atoms with Gasteiger partial charge in [0.1, 0.15) is 30.2 Å². The third-order valence-electron chi connectivity index (χ3n) is 2.46. The van der Waals surface area contributed by atoms with Crippen molar-refractivity contribution in [1.29, 1.82) is 0 Å². The van der Waals surface area contributed by atoms with Crippen LogP contribution in [0.25, 0.3) is 0 Å². The Morgan fingerprint density at radius 2 is 1.85 bits per heavy atom. The lowest BCUT2D eigenvalue weighted by Gasteiger charge is -2.01. The molecule has 1 radical (unpaired) electrons. The second-order valence-corrected chi connectivity index (χ2v) is 3.99. The van der Waals surface area contributed by atoms with Crippen LogP contribution in [0.5, 0.6) is 5.75 Å². The summed E-state index contributed by atoms with van der Waals surface area (Å²) in [4.78, 5) is 4.95. The van der Waals surface area contributed by atoms with Crippen LogP contribution in [0.1, 0.15) is 11.1 Å². The molecule has 2 aromatic rings. The number of ether oxygens (including phenoxy) is 1. The summed E-state index contributed by atoms with van der Waals surface area (Å²) in [6, 6.07) is 10.3. The lowest BCUT2D eigenvalue weighted by atomic mass is 10.2. The van der Waals surface area contributed by atoms with Gasteiger partial charge in [-0.15, -0.1) is 0 Å². The predicted molar refractivity (Wildman–Crippen MR) is 70.7 cm³/mol. The first-order valence-corrected chi connectivity index (χ1v) is 5.84. The molecule has 0 saturated carbocycles. The zero-order valence-electron chi connectivity index (χ0n) is 10.8. The monoisotopic (exact) mass is 276 g/mol. The van der Waals surface area contributed by atoms with Crippen molar-refractivity contribution in [1.82, 2.24) is 0 Å².